The van der Waals surface area contributed by atoms with E-state index < -0.39 is 10.0 Å². The molecule has 8 heteroatoms. The van der Waals surface area contributed by atoms with E-state index >= 15 is 0 Å². The molecule has 7 nitrogen and oxygen atoms in total. The number of likely N-dealkylation sites (tertiary alicyclic amines) is 1. The van der Waals surface area contributed by atoms with Crippen molar-refractivity contribution in [1.82, 2.24) is 9.62 Å². The molecule has 0 saturated carbocycles. The SMILES string of the molecule is CCS(=O)(=O)NC1CCN(C(=O)c2ccc(CN)o2)CC1. The second kappa shape index (κ2) is 6.59. The minimum atomic E-state index is -3.19. The van der Waals surface area contributed by atoms with E-state index in [0.717, 1.165) is 0 Å². The molecule has 0 radical (unpaired) electrons. The van der Waals surface area contributed by atoms with E-state index in [2.05, 4.69) is 4.72 Å². The van der Waals surface area contributed by atoms with E-state index in [1.807, 2.05) is 0 Å². The molecule has 1 aliphatic heterocycles. The number of nitrogens with zero attached hydrogens (tertiary/aromatic N) is 1. The predicted molar refractivity (Wildman–Crippen MR) is 78.1 cm³/mol. The number of rotatable bonds is 5. The van der Waals surface area contributed by atoms with Gasteiger partial charge in [-0.25, -0.2) is 13.1 Å². The summed E-state index contributed by atoms with van der Waals surface area (Å²) in [5.41, 5.74) is 5.45. The zero-order chi connectivity index (χ0) is 15.5. The van der Waals surface area contributed by atoms with Crippen molar-refractivity contribution in [2.75, 3.05) is 18.8 Å². The summed E-state index contributed by atoms with van der Waals surface area (Å²) in [6, 6.07) is 3.21. The van der Waals surface area contributed by atoms with Crippen LogP contribution in [0.25, 0.3) is 0 Å². The van der Waals surface area contributed by atoms with Crippen LogP contribution in [0.4, 0.5) is 0 Å². The topological polar surface area (TPSA) is 106 Å². The molecular weight excluding hydrogens is 294 g/mol. The number of piperidine rings is 1. The highest BCUT2D eigenvalue weighted by molar-refractivity contribution is 7.89. The van der Waals surface area contributed by atoms with E-state index in [9.17, 15) is 13.2 Å². The van der Waals surface area contributed by atoms with E-state index in [1.54, 1.807) is 24.0 Å². The second-order valence-corrected chi connectivity index (χ2v) is 7.10. The van der Waals surface area contributed by atoms with Crippen LogP contribution in [0.5, 0.6) is 0 Å². The van der Waals surface area contributed by atoms with Gasteiger partial charge < -0.3 is 15.1 Å². The Kier molecular flexibility index (Phi) is 5.02. The quantitative estimate of drug-likeness (QED) is 0.812. The van der Waals surface area contributed by atoms with Crippen molar-refractivity contribution in [2.45, 2.75) is 32.4 Å². The van der Waals surface area contributed by atoms with Crippen LogP contribution in [-0.4, -0.2) is 44.1 Å². The van der Waals surface area contributed by atoms with Crippen LogP contribution in [0.3, 0.4) is 0 Å². The van der Waals surface area contributed by atoms with Gasteiger partial charge in [0.1, 0.15) is 5.76 Å². The number of amides is 1. The molecule has 1 fully saturated rings. The van der Waals surface area contributed by atoms with Gasteiger partial charge in [0, 0.05) is 19.1 Å². The van der Waals surface area contributed by atoms with Crippen LogP contribution < -0.4 is 10.5 Å². The molecule has 1 aromatic heterocycles. The number of nitrogens with one attached hydrogen (secondary N) is 1. The zero-order valence-electron chi connectivity index (χ0n) is 12.0. The lowest BCUT2D eigenvalue weighted by molar-refractivity contribution is 0.0677. The minimum Gasteiger partial charge on any atom is -0.455 e. The molecule has 3 N–H and O–H groups in total. The maximum absolute atomic E-state index is 12.2. The number of furan rings is 1. The van der Waals surface area contributed by atoms with Crippen molar-refractivity contribution in [1.29, 1.82) is 0 Å². The molecule has 0 bridgehead atoms. The average Bonchev–Trinajstić information content (AvgIpc) is 2.96. The Bertz CT molecular complexity index is 588. The van der Waals surface area contributed by atoms with Crippen LogP contribution in [0.2, 0.25) is 0 Å². The molecule has 1 saturated heterocycles. The standard InChI is InChI=1S/C13H21N3O4S/c1-2-21(18,19)15-10-5-7-16(8-6-10)13(17)12-4-3-11(9-14)20-12/h3-4,10,15H,2,5-9,14H2,1H3. The highest BCUT2D eigenvalue weighted by Crippen LogP contribution is 2.16. The first-order valence-corrected chi connectivity index (χ1v) is 8.68. The van der Waals surface area contributed by atoms with Crippen LogP contribution in [0, 0.1) is 0 Å². The van der Waals surface area contributed by atoms with Crippen LogP contribution in [-0.2, 0) is 16.6 Å². The van der Waals surface area contributed by atoms with Crippen molar-refractivity contribution in [3.8, 4) is 0 Å². The Hall–Kier alpha value is -1.38. The Morgan fingerprint density at radius 1 is 1.43 bits per heavy atom. The van der Waals surface area contributed by atoms with Crippen LogP contribution >= 0.6 is 0 Å². The number of nitrogens with two attached hydrogens (primary N) is 1. The maximum atomic E-state index is 12.2. The molecule has 0 aromatic carbocycles. The summed E-state index contributed by atoms with van der Waals surface area (Å²) in [5, 5.41) is 0. The van der Waals surface area contributed by atoms with E-state index in [0.29, 0.717) is 31.7 Å². The Morgan fingerprint density at radius 3 is 2.62 bits per heavy atom. The van der Waals surface area contributed by atoms with E-state index in [1.165, 1.54) is 0 Å². The second-order valence-electron chi connectivity index (χ2n) is 5.06. The van der Waals surface area contributed by atoms with Crippen molar-refractivity contribution < 1.29 is 17.6 Å². The molecule has 1 aliphatic rings. The molecule has 0 aliphatic carbocycles. The molecular formula is C13H21N3O4S. The Balaban J connectivity index is 1.90. The number of carbonyl (C=O) groups excluding carboxylic acids is 1. The largest absolute Gasteiger partial charge is 0.455 e. The smallest absolute Gasteiger partial charge is 0.289 e. The normalized spacial score (nSPS) is 17.1. The first-order chi connectivity index (χ1) is 9.95. The molecule has 0 spiro atoms. The first kappa shape index (κ1) is 16.0. The van der Waals surface area contributed by atoms with Gasteiger partial charge in [-0.3, -0.25) is 4.79 Å². The summed E-state index contributed by atoms with van der Waals surface area (Å²) in [5.74, 6) is 0.749. The molecule has 2 heterocycles. The van der Waals surface area contributed by atoms with Gasteiger partial charge in [-0.1, -0.05) is 0 Å². The lowest BCUT2D eigenvalue weighted by atomic mass is 10.1. The first-order valence-electron chi connectivity index (χ1n) is 7.03. The van der Waals surface area contributed by atoms with E-state index in [-0.39, 0.29) is 30.0 Å². The van der Waals surface area contributed by atoms with Gasteiger partial charge >= 0.3 is 0 Å². The van der Waals surface area contributed by atoms with Gasteiger partial charge in [0.15, 0.2) is 5.76 Å². The summed E-state index contributed by atoms with van der Waals surface area (Å²) in [7, 11) is -3.19. The average molecular weight is 315 g/mol. The fraction of sp³-hybridized carbons (Fsp3) is 0.615. The number of carbonyl (C=O) groups is 1. The molecule has 1 aromatic rings. The fourth-order valence-corrected chi connectivity index (χ4v) is 3.21. The third-order valence-electron chi connectivity index (χ3n) is 3.58. The number of hydrogen-bond acceptors (Lipinski definition) is 5. The highest BCUT2D eigenvalue weighted by Gasteiger charge is 2.27. The molecule has 21 heavy (non-hydrogen) atoms. The molecule has 2 rings (SSSR count). The Labute approximate surface area is 124 Å². The van der Waals surface area contributed by atoms with Crippen molar-refractivity contribution in [3.05, 3.63) is 23.7 Å². The monoisotopic (exact) mass is 315 g/mol. The summed E-state index contributed by atoms with van der Waals surface area (Å²) in [6.07, 6.45) is 1.21. The van der Waals surface area contributed by atoms with Gasteiger partial charge in [-0.15, -0.1) is 0 Å². The van der Waals surface area contributed by atoms with E-state index in [4.69, 9.17) is 10.2 Å². The fourth-order valence-electron chi connectivity index (χ4n) is 2.30. The third-order valence-corrected chi connectivity index (χ3v) is 5.03. The van der Waals surface area contributed by atoms with Gasteiger partial charge in [-0.2, -0.15) is 0 Å². The molecule has 0 atom stereocenters. The van der Waals surface area contributed by atoms with Gasteiger partial charge in [-0.05, 0) is 31.9 Å². The molecule has 118 valence electrons. The summed E-state index contributed by atoms with van der Waals surface area (Å²) < 4.78 is 31.0. The summed E-state index contributed by atoms with van der Waals surface area (Å²) in [6.45, 7) is 2.88. The lowest BCUT2D eigenvalue weighted by Crippen LogP contribution is -2.46. The van der Waals surface area contributed by atoms with Crippen molar-refractivity contribution in [3.63, 3.8) is 0 Å². The lowest BCUT2D eigenvalue weighted by Gasteiger charge is -2.31. The van der Waals surface area contributed by atoms with Crippen LogP contribution in [0.15, 0.2) is 16.5 Å². The maximum Gasteiger partial charge on any atom is 0.289 e. The molecule has 0 unspecified atom stereocenters. The Morgan fingerprint density at radius 2 is 2.10 bits per heavy atom. The van der Waals surface area contributed by atoms with Crippen molar-refractivity contribution in [2.24, 2.45) is 5.73 Å². The highest BCUT2D eigenvalue weighted by atomic mass is 32.2. The number of hydrogen-bond donors (Lipinski definition) is 2. The van der Waals surface area contributed by atoms with Crippen LogP contribution in [0.1, 0.15) is 36.1 Å². The molecule has 1 amide bonds. The van der Waals surface area contributed by atoms with Gasteiger partial charge in [0.2, 0.25) is 10.0 Å². The summed E-state index contributed by atoms with van der Waals surface area (Å²) in [4.78, 5) is 13.9. The third kappa shape index (κ3) is 4.05. The number of sulfonamides is 1. The predicted octanol–water partition coefficient (Wildman–Crippen LogP) is 0.282. The van der Waals surface area contributed by atoms with Gasteiger partial charge in [0.05, 0.1) is 12.3 Å². The van der Waals surface area contributed by atoms with Crippen molar-refractivity contribution >= 4 is 15.9 Å². The minimum absolute atomic E-state index is 0.0698. The summed E-state index contributed by atoms with van der Waals surface area (Å²) >= 11 is 0. The zero-order valence-corrected chi connectivity index (χ0v) is 12.9. The van der Waals surface area contributed by atoms with Gasteiger partial charge in [0.25, 0.3) is 5.91 Å².